The number of pyridine rings is 1. The molecule has 0 saturated carbocycles. The number of benzene rings is 2. The minimum absolute atomic E-state index is 0.0494. The standard InChI is InChI=1S/C23H21N3O2S2/c1-28-18-9-10-21-20(14-18)25-23(30-21)26(16-17-6-5-12-24-15-17)22(27)11-13-29-19-7-3-2-4-8-19/h2-10,12,14-15H,11,13,16H2,1H3. The first-order valence-corrected chi connectivity index (χ1v) is 11.3. The van der Waals surface area contributed by atoms with Crippen molar-refractivity contribution in [2.45, 2.75) is 17.9 Å². The Morgan fingerprint density at radius 3 is 2.77 bits per heavy atom. The maximum absolute atomic E-state index is 13.2. The summed E-state index contributed by atoms with van der Waals surface area (Å²) in [4.78, 5) is 25.0. The van der Waals surface area contributed by atoms with Crippen molar-refractivity contribution in [2.24, 2.45) is 0 Å². The third-order valence-electron chi connectivity index (χ3n) is 4.51. The summed E-state index contributed by atoms with van der Waals surface area (Å²) in [6, 6.07) is 19.8. The number of methoxy groups -OCH3 is 1. The number of aromatic nitrogens is 2. The van der Waals surface area contributed by atoms with Crippen molar-refractivity contribution in [3.05, 3.63) is 78.6 Å². The zero-order valence-electron chi connectivity index (χ0n) is 16.5. The minimum atomic E-state index is 0.0494. The van der Waals surface area contributed by atoms with E-state index < -0.39 is 0 Å². The largest absolute Gasteiger partial charge is 0.497 e. The van der Waals surface area contributed by atoms with Gasteiger partial charge < -0.3 is 4.74 Å². The van der Waals surface area contributed by atoms with Crippen LogP contribution in [0.25, 0.3) is 10.2 Å². The van der Waals surface area contributed by atoms with E-state index in [1.54, 1.807) is 36.2 Å². The molecule has 2 aromatic carbocycles. The molecule has 0 aliphatic rings. The number of anilines is 1. The highest BCUT2D eigenvalue weighted by Crippen LogP contribution is 2.32. The van der Waals surface area contributed by atoms with Crippen LogP contribution in [0, 0.1) is 0 Å². The van der Waals surface area contributed by atoms with Gasteiger partial charge in [-0.15, -0.1) is 11.8 Å². The van der Waals surface area contributed by atoms with Crippen LogP contribution < -0.4 is 9.64 Å². The Bertz CT molecular complexity index is 1120. The number of thiazole rings is 1. The molecule has 0 radical (unpaired) electrons. The fourth-order valence-electron chi connectivity index (χ4n) is 2.98. The molecule has 0 unspecified atom stereocenters. The second-order valence-corrected chi connectivity index (χ2v) is 8.76. The molecule has 0 spiro atoms. The third kappa shape index (κ3) is 4.98. The van der Waals surface area contributed by atoms with Crippen molar-refractivity contribution in [3.63, 3.8) is 0 Å². The SMILES string of the molecule is COc1ccc2sc(N(Cc3cccnc3)C(=O)CCSc3ccccc3)nc2c1. The molecule has 0 aliphatic heterocycles. The summed E-state index contributed by atoms with van der Waals surface area (Å²) in [7, 11) is 1.64. The first kappa shape index (κ1) is 20.4. The number of nitrogens with zero attached hydrogens (tertiary/aromatic N) is 3. The topological polar surface area (TPSA) is 55.3 Å². The number of thioether (sulfide) groups is 1. The molecule has 2 heterocycles. The van der Waals surface area contributed by atoms with E-state index in [1.807, 2.05) is 48.5 Å². The fraction of sp³-hybridized carbons (Fsp3) is 0.174. The molecule has 2 aromatic heterocycles. The Labute approximate surface area is 183 Å². The van der Waals surface area contributed by atoms with E-state index >= 15 is 0 Å². The molecule has 4 rings (SSSR count). The molecule has 0 bridgehead atoms. The lowest BCUT2D eigenvalue weighted by Gasteiger charge is -2.20. The lowest BCUT2D eigenvalue weighted by Crippen LogP contribution is -2.30. The number of ether oxygens (including phenoxy) is 1. The van der Waals surface area contributed by atoms with Crippen LogP contribution >= 0.6 is 23.1 Å². The number of carbonyl (C=O) groups is 1. The average molecular weight is 436 g/mol. The molecule has 4 aromatic rings. The number of hydrogen-bond donors (Lipinski definition) is 0. The third-order valence-corrected chi connectivity index (χ3v) is 6.58. The van der Waals surface area contributed by atoms with Gasteiger partial charge in [-0.05, 0) is 35.9 Å². The summed E-state index contributed by atoms with van der Waals surface area (Å²) in [5.74, 6) is 1.52. The Kier molecular flexibility index (Phi) is 6.61. The zero-order valence-corrected chi connectivity index (χ0v) is 18.2. The predicted octanol–water partition coefficient (Wildman–Crippen LogP) is 5.42. The normalized spacial score (nSPS) is 10.8. The lowest BCUT2D eigenvalue weighted by atomic mass is 10.2. The monoisotopic (exact) mass is 435 g/mol. The van der Waals surface area contributed by atoms with Crippen LogP contribution in [0.1, 0.15) is 12.0 Å². The van der Waals surface area contributed by atoms with Crippen molar-refractivity contribution in [3.8, 4) is 5.75 Å². The summed E-state index contributed by atoms with van der Waals surface area (Å²) >= 11 is 3.20. The smallest absolute Gasteiger partial charge is 0.229 e. The van der Waals surface area contributed by atoms with E-state index in [-0.39, 0.29) is 5.91 Å². The maximum atomic E-state index is 13.2. The molecule has 0 atom stereocenters. The number of amides is 1. The van der Waals surface area contributed by atoms with Gasteiger partial charge in [0.2, 0.25) is 5.91 Å². The van der Waals surface area contributed by atoms with E-state index in [0.717, 1.165) is 26.4 Å². The highest BCUT2D eigenvalue weighted by Gasteiger charge is 2.20. The molecule has 30 heavy (non-hydrogen) atoms. The minimum Gasteiger partial charge on any atom is -0.497 e. The van der Waals surface area contributed by atoms with Crippen LogP contribution in [0.2, 0.25) is 0 Å². The molecule has 0 aliphatic carbocycles. The Balaban J connectivity index is 1.55. The van der Waals surface area contributed by atoms with E-state index in [2.05, 4.69) is 17.1 Å². The van der Waals surface area contributed by atoms with Gasteiger partial charge in [-0.3, -0.25) is 14.7 Å². The molecule has 1 amide bonds. The van der Waals surface area contributed by atoms with Crippen molar-refractivity contribution in [1.82, 2.24) is 9.97 Å². The van der Waals surface area contributed by atoms with Crippen molar-refractivity contribution < 1.29 is 9.53 Å². The fourth-order valence-corrected chi connectivity index (χ4v) is 4.81. The quantitative estimate of drug-likeness (QED) is 0.346. The van der Waals surface area contributed by atoms with Crippen LogP contribution in [0.5, 0.6) is 5.75 Å². The Morgan fingerprint density at radius 1 is 1.13 bits per heavy atom. The average Bonchev–Trinajstić information content (AvgIpc) is 3.21. The van der Waals surface area contributed by atoms with Crippen LogP contribution in [-0.4, -0.2) is 28.7 Å². The van der Waals surface area contributed by atoms with Gasteiger partial charge in [-0.1, -0.05) is 35.6 Å². The van der Waals surface area contributed by atoms with E-state index in [4.69, 9.17) is 9.72 Å². The van der Waals surface area contributed by atoms with Gasteiger partial charge in [0.25, 0.3) is 0 Å². The summed E-state index contributed by atoms with van der Waals surface area (Å²) in [6.07, 6.45) is 3.95. The highest BCUT2D eigenvalue weighted by atomic mass is 32.2. The molecule has 0 N–H and O–H groups in total. The van der Waals surface area contributed by atoms with Crippen LogP contribution in [0.3, 0.4) is 0 Å². The Hall–Kier alpha value is -2.90. The van der Waals surface area contributed by atoms with Crippen LogP contribution in [0.15, 0.2) is 78.0 Å². The summed E-state index contributed by atoms with van der Waals surface area (Å²) in [5, 5.41) is 0.691. The molecular weight excluding hydrogens is 414 g/mol. The molecular formula is C23H21N3O2S2. The number of carbonyl (C=O) groups excluding carboxylic acids is 1. The molecule has 5 nitrogen and oxygen atoms in total. The number of rotatable bonds is 8. The van der Waals surface area contributed by atoms with Gasteiger partial charge in [0.1, 0.15) is 5.75 Å². The number of fused-ring (bicyclic) bond motifs is 1. The van der Waals surface area contributed by atoms with Crippen LogP contribution in [0.4, 0.5) is 5.13 Å². The van der Waals surface area contributed by atoms with Gasteiger partial charge in [0.05, 0.1) is 23.9 Å². The first-order chi connectivity index (χ1) is 14.7. The van der Waals surface area contributed by atoms with Gasteiger partial charge in [0.15, 0.2) is 5.13 Å². The van der Waals surface area contributed by atoms with Gasteiger partial charge >= 0.3 is 0 Å². The maximum Gasteiger partial charge on any atom is 0.229 e. The van der Waals surface area contributed by atoms with Crippen LogP contribution in [-0.2, 0) is 11.3 Å². The Morgan fingerprint density at radius 2 is 2.00 bits per heavy atom. The van der Waals surface area contributed by atoms with Crippen molar-refractivity contribution in [2.75, 3.05) is 17.8 Å². The van der Waals surface area contributed by atoms with Gasteiger partial charge in [-0.2, -0.15) is 0 Å². The summed E-state index contributed by atoms with van der Waals surface area (Å²) in [5.41, 5.74) is 1.80. The highest BCUT2D eigenvalue weighted by molar-refractivity contribution is 7.99. The number of hydrogen-bond acceptors (Lipinski definition) is 6. The summed E-state index contributed by atoms with van der Waals surface area (Å²) in [6.45, 7) is 0.444. The van der Waals surface area contributed by atoms with Crippen molar-refractivity contribution >= 4 is 44.4 Å². The van der Waals surface area contributed by atoms with Gasteiger partial charge in [-0.25, -0.2) is 4.98 Å². The summed E-state index contributed by atoms with van der Waals surface area (Å²) < 4.78 is 6.33. The molecule has 7 heteroatoms. The second kappa shape index (κ2) is 9.73. The second-order valence-electron chi connectivity index (χ2n) is 6.58. The van der Waals surface area contributed by atoms with E-state index in [0.29, 0.717) is 23.8 Å². The predicted molar refractivity (Wildman–Crippen MR) is 123 cm³/mol. The zero-order chi connectivity index (χ0) is 20.8. The molecule has 152 valence electrons. The van der Waals surface area contributed by atoms with E-state index in [9.17, 15) is 4.79 Å². The van der Waals surface area contributed by atoms with E-state index in [1.165, 1.54) is 11.3 Å². The molecule has 0 fully saturated rings. The first-order valence-electron chi connectivity index (χ1n) is 9.54. The lowest BCUT2D eigenvalue weighted by molar-refractivity contribution is -0.118. The molecule has 0 saturated heterocycles. The van der Waals surface area contributed by atoms with Gasteiger partial charge in [0, 0.05) is 35.5 Å². The van der Waals surface area contributed by atoms with Crippen molar-refractivity contribution in [1.29, 1.82) is 0 Å².